The molecule has 0 spiro atoms. The lowest BCUT2D eigenvalue weighted by atomic mass is 10.1. The van der Waals surface area contributed by atoms with Crippen LogP contribution in [0.2, 0.25) is 0 Å². The first-order valence-corrected chi connectivity index (χ1v) is 6.50. The van der Waals surface area contributed by atoms with Gasteiger partial charge < -0.3 is 9.80 Å². The summed E-state index contributed by atoms with van der Waals surface area (Å²) in [5, 5.41) is 0. The third-order valence-electron chi connectivity index (χ3n) is 3.53. The van der Waals surface area contributed by atoms with Gasteiger partial charge in [-0.1, -0.05) is 6.07 Å². The SMILES string of the molecule is CN1CCN(CCCc2ccc(F)cc2F)CC1. The molecule has 1 aromatic rings. The van der Waals surface area contributed by atoms with Crippen LogP contribution < -0.4 is 0 Å². The molecule has 2 rings (SSSR count). The highest BCUT2D eigenvalue weighted by molar-refractivity contribution is 5.18. The molecule has 1 aromatic carbocycles. The van der Waals surface area contributed by atoms with E-state index in [9.17, 15) is 8.78 Å². The zero-order valence-corrected chi connectivity index (χ0v) is 10.8. The maximum absolute atomic E-state index is 13.4. The standard InChI is InChI=1S/C14H20F2N2/c1-17-7-9-18(10-8-17)6-2-3-12-4-5-13(15)11-14(12)16/h4-5,11H,2-3,6-10H2,1H3. The summed E-state index contributed by atoms with van der Waals surface area (Å²) >= 11 is 0. The van der Waals surface area contributed by atoms with Crippen molar-refractivity contribution in [3.63, 3.8) is 0 Å². The van der Waals surface area contributed by atoms with Crippen molar-refractivity contribution in [1.29, 1.82) is 0 Å². The lowest BCUT2D eigenvalue weighted by Gasteiger charge is -2.32. The fourth-order valence-corrected chi connectivity index (χ4v) is 2.29. The molecule has 0 saturated carbocycles. The van der Waals surface area contributed by atoms with Crippen molar-refractivity contribution >= 4 is 0 Å². The Morgan fingerprint density at radius 2 is 1.83 bits per heavy atom. The molecule has 0 N–H and O–H groups in total. The summed E-state index contributed by atoms with van der Waals surface area (Å²) < 4.78 is 26.2. The minimum absolute atomic E-state index is 0.423. The van der Waals surface area contributed by atoms with E-state index in [0.717, 1.165) is 45.2 Å². The van der Waals surface area contributed by atoms with Crippen LogP contribution in [0.25, 0.3) is 0 Å². The van der Waals surface area contributed by atoms with Crippen LogP contribution in [-0.2, 0) is 6.42 Å². The van der Waals surface area contributed by atoms with Crippen LogP contribution in [0.3, 0.4) is 0 Å². The van der Waals surface area contributed by atoms with Crippen molar-refractivity contribution in [2.75, 3.05) is 39.8 Å². The molecule has 0 bridgehead atoms. The maximum Gasteiger partial charge on any atom is 0.129 e. The summed E-state index contributed by atoms with van der Waals surface area (Å²) in [7, 11) is 2.13. The quantitative estimate of drug-likeness (QED) is 0.812. The van der Waals surface area contributed by atoms with E-state index in [0.29, 0.717) is 12.0 Å². The van der Waals surface area contributed by atoms with Gasteiger partial charge in [-0.3, -0.25) is 0 Å². The molecule has 1 aliphatic heterocycles. The highest BCUT2D eigenvalue weighted by atomic mass is 19.1. The molecule has 18 heavy (non-hydrogen) atoms. The van der Waals surface area contributed by atoms with Crippen molar-refractivity contribution in [1.82, 2.24) is 9.80 Å². The Labute approximate surface area is 107 Å². The van der Waals surface area contributed by atoms with Crippen molar-refractivity contribution < 1.29 is 8.78 Å². The maximum atomic E-state index is 13.4. The van der Waals surface area contributed by atoms with Crippen LogP contribution in [0.4, 0.5) is 8.78 Å². The molecule has 1 heterocycles. The number of rotatable bonds is 4. The van der Waals surface area contributed by atoms with Gasteiger partial charge >= 0.3 is 0 Å². The highest BCUT2D eigenvalue weighted by Crippen LogP contribution is 2.12. The summed E-state index contributed by atoms with van der Waals surface area (Å²) in [5.74, 6) is -0.927. The number of halogens is 2. The predicted octanol–water partition coefficient (Wildman–Crippen LogP) is 2.14. The molecular weight excluding hydrogens is 234 g/mol. The minimum atomic E-state index is -0.504. The molecule has 1 fully saturated rings. The molecule has 0 aromatic heterocycles. The van der Waals surface area contributed by atoms with Gasteiger partial charge in [-0.25, -0.2) is 8.78 Å². The molecule has 4 heteroatoms. The van der Waals surface area contributed by atoms with E-state index in [1.54, 1.807) is 6.07 Å². The monoisotopic (exact) mass is 254 g/mol. The Morgan fingerprint density at radius 3 is 2.50 bits per heavy atom. The van der Waals surface area contributed by atoms with Gasteiger partial charge in [0, 0.05) is 32.2 Å². The Bertz CT molecular complexity index is 387. The van der Waals surface area contributed by atoms with Crippen LogP contribution in [0.5, 0.6) is 0 Å². The first-order valence-electron chi connectivity index (χ1n) is 6.50. The number of benzene rings is 1. The number of aryl methyl sites for hydroxylation is 1. The molecule has 2 nitrogen and oxygen atoms in total. The average Bonchev–Trinajstić information content (AvgIpc) is 2.34. The summed E-state index contributed by atoms with van der Waals surface area (Å²) in [6, 6.07) is 3.84. The van der Waals surface area contributed by atoms with Crippen LogP contribution in [0.1, 0.15) is 12.0 Å². The molecule has 0 atom stereocenters. The van der Waals surface area contributed by atoms with Crippen molar-refractivity contribution in [3.8, 4) is 0 Å². The largest absolute Gasteiger partial charge is 0.304 e. The topological polar surface area (TPSA) is 6.48 Å². The second kappa shape index (κ2) is 6.25. The fraction of sp³-hybridized carbons (Fsp3) is 0.571. The second-order valence-corrected chi connectivity index (χ2v) is 4.98. The number of hydrogen-bond acceptors (Lipinski definition) is 2. The molecule has 1 saturated heterocycles. The van der Waals surface area contributed by atoms with E-state index in [2.05, 4.69) is 16.8 Å². The van der Waals surface area contributed by atoms with Crippen LogP contribution >= 0.6 is 0 Å². The summed E-state index contributed by atoms with van der Waals surface area (Å²) in [4.78, 5) is 4.72. The molecule has 0 amide bonds. The lowest BCUT2D eigenvalue weighted by molar-refractivity contribution is 0.153. The van der Waals surface area contributed by atoms with Crippen LogP contribution in [0.15, 0.2) is 18.2 Å². The van der Waals surface area contributed by atoms with Gasteiger partial charge in [-0.05, 0) is 38.1 Å². The molecule has 0 aliphatic carbocycles. The number of likely N-dealkylation sites (N-methyl/N-ethyl adjacent to an activating group) is 1. The fourth-order valence-electron chi connectivity index (χ4n) is 2.29. The van der Waals surface area contributed by atoms with Crippen molar-refractivity contribution in [3.05, 3.63) is 35.4 Å². The van der Waals surface area contributed by atoms with E-state index in [1.807, 2.05) is 0 Å². The zero-order chi connectivity index (χ0) is 13.0. The molecule has 0 radical (unpaired) electrons. The van der Waals surface area contributed by atoms with Crippen LogP contribution in [-0.4, -0.2) is 49.6 Å². The molecule has 0 unspecified atom stereocenters. The predicted molar refractivity (Wildman–Crippen MR) is 68.6 cm³/mol. The van der Waals surface area contributed by atoms with Gasteiger partial charge in [-0.15, -0.1) is 0 Å². The van der Waals surface area contributed by atoms with Crippen molar-refractivity contribution in [2.45, 2.75) is 12.8 Å². The summed E-state index contributed by atoms with van der Waals surface area (Å²) in [6.07, 6.45) is 1.60. The van der Waals surface area contributed by atoms with Gasteiger partial charge in [0.15, 0.2) is 0 Å². The van der Waals surface area contributed by atoms with E-state index in [-0.39, 0.29) is 0 Å². The Morgan fingerprint density at radius 1 is 1.11 bits per heavy atom. The van der Waals surface area contributed by atoms with Gasteiger partial charge in [-0.2, -0.15) is 0 Å². The van der Waals surface area contributed by atoms with Crippen LogP contribution in [0, 0.1) is 11.6 Å². The summed E-state index contributed by atoms with van der Waals surface area (Å²) in [6.45, 7) is 5.37. The van der Waals surface area contributed by atoms with Gasteiger partial charge in [0.25, 0.3) is 0 Å². The average molecular weight is 254 g/mol. The van der Waals surface area contributed by atoms with Crippen molar-refractivity contribution in [2.24, 2.45) is 0 Å². The van der Waals surface area contributed by atoms with Gasteiger partial charge in [0.05, 0.1) is 0 Å². The first-order chi connectivity index (χ1) is 8.65. The molecule has 1 aliphatic rings. The third kappa shape index (κ3) is 3.75. The molecule has 100 valence electrons. The smallest absolute Gasteiger partial charge is 0.129 e. The van der Waals surface area contributed by atoms with E-state index >= 15 is 0 Å². The Balaban J connectivity index is 1.75. The van der Waals surface area contributed by atoms with Gasteiger partial charge in [0.2, 0.25) is 0 Å². The number of nitrogens with zero attached hydrogens (tertiary/aromatic N) is 2. The number of hydrogen-bond donors (Lipinski definition) is 0. The molecular formula is C14H20F2N2. The third-order valence-corrected chi connectivity index (χ3v) is 3.53. The highest BCUT2D eigenvalue weighted by Gasteiger charge is 2.13. The number of piperazine rings is 1. The minimum Gasteiger partial charge on any atom is -0.304 e. The Hall–Kier alpha value is -1.00. The van der Waals surface area contributed by atoms with E-state index < -0.39 is 11.6 Å². The van der Waals surface area contributed by atoms with Gasteiger partial charge in [0.1, 0.15) is 11.6 Å². The van der Waals surface area contributed by atoms with E-state index in [1.165, 1.54) is 6.07 Å². The first kappa shape index (κ1) is 13.4. The lowest BCUT2D eigenvalue weighted by Crippen LogP contribution is -2.44. The normalized spacial score (nSPS) is 18.2. The zero-order valence-electron chi connectivity index (χ0n) is 10.8. The second-order valence-electron chi connectivity index (χ2n) is 4.98. The summed E-state index contributed by atoms with van der Waals surface area (Å²) in [5.41, 5.74) is 0.616. The van der Waals surface area contributed by atoms with E-state index in [4.69, 9.17) is 0 Å². The Kier molecular flexibility index (Phi) is 4.66.